The van der Waals surface area contributed by atoms with Crippen LogP contribution in [0.25, 0.3) is 16.7 Å². The van der Waals surface area contributed by atoms with Crippen LogP contribution in [0.3, 0.4) is 0 Å². The Kier molecular flexibility index (Phi) is 4.46. The van der Waals surface area contributed by atoms with Gasteiger partial charge >= 0.3 is 0 Å². The Morgan fingerprint density at radius 1 is 0.862 bits per heavy atom. The predicted molar refractivity (Wildman–Crippen MR) is 112 cm³/mol. The number of imidazole rings is 1. The Balaban J connectivity index is 1.38. The van der Waals surface area contributed by atoms with Gasteiger partial charge in [0.05, 0.1) is 23.8 Å². The topological polar surface area (TPSA) is 73.5 Å². The summed E-state index contributed by atoms with van der Waals surface area (Å²) in [4.78, 5) is 13.3. The summed E-state index contributed by atoms with van der Waals surface area (Å²) in [7, 11) is 0. The molecule has 5 rings (SSSR count). The lowest BCUT2D eigenvalue weighted by atomic mass is 10.2. The Hall–Kier alpha value is -4.00. The molecule has 0 atom stereocenters. The van der Waals surface area contributed by atoms with E-state index < -0.39 is 0 Å². The molecule has 0 aliphatic carbocycles. The Labute approximate surface area is 167 Å². The summed E-state index contributed by atoms with van der Waals surface area (Å²) in [5.41, 5.74) is 2.96. The van der Waals surface area contributed by atoms with Crippen molar-refractivity contribution in [3.63, 3.8) is 0 Å². The highest BCUT2D eigenvalue weighted by atomic mass is 15.3. The smallest absolute Gasteiger partial charge is 0.168 e. The third-order valence-electron chi connectivity index (χ3n) is 4.78. The standard InChI is InChI=1S/C22H19N7/c1-3-7-17(8-4-1)15-28-12-11-23-20(28)14-24-21-19-13-27-29(22(19)26-16-25-21)18-9-5-2-6-10-18/h1-13,16H,14-15H2,(H,24,25,26). The zero-order chi connectivity index (χ0) is 19.5. The summed E-state index contributed by atoms with van der Waals surface area (Å²) in [6, 6.07) is 20.3. The van der Waals surface area contributed by atoms with Gasteiger partial charge in [0.25, 0.3) is 0 Å². The molecule has 0 fully saturated rings. The number of anilines is 1. The van der Waals surface area contributed by atoms with Crippen LogP contribution in [0.2, 0.25) is 0 Å². The maximum Gasteiger partial charge on any atom is 0.168 e. The van der Waals surface area contributed by atoms with E-state index in [0.29, 0.717) is 6.54 Å². The van der Waals surface area contributed by atoms with Crippen molar-refractivity contribution < 1.29 is 0 Å². The second-order valence-corrected chi connectivity index (χ2v) is 6.66. The van der Waals surface area contributed by atoms with Crippen LogP contribution in [-0.2, 0) is 13.1 Å². The van der Waals surface area contributed by atoms with Crippen molar-refractivity contribution in [3.05, 3.63) is 97.0 Å². The number of para-hydroxylation sites is 1. The van der Waals surface area contributed by atoms with Crippen LogP contribution >= 0.6 is 0 Å². The molecule has 7 nitrogen and oxygen atoms in total. The minimum atomic E-state index is 0.558. The second kappa shape index (κ2) is 7.55. The number of hydrogen-bond acceptors (Lipinski definition) is 5. The zero-order valence-corrected chi connectivity index (χ0v) is 15.7. The first-order chi connectivity index (χ1) is 14.4. The fourth-order valence-electron chi connectivity index (χ4n) is 3.34. The molecule has 1 N–H and O–H groups in total. The fraction of sp³-hybridized carbons (Fsp3) is 0.0909. The van der Waals surface area contributed by atoms with Gasteiger partial charge in [-0.15, -0.1) is 0 Å². The fourth-order valence-corrected chi connectivity index (χ4v) is 3.34. The minimum Gasteiger partial charge on any atom is -0.362 e. The third-order valence-corrected chi connectivity index (χ3v) is 4.78. The molecule has 0 saturated heterocycles. The molecule has 0 bridgehead atoms. The molecule has 5 aromatic rings. The summed E-state index contributed by atoms with van der Waals surface area (Å²) >= 11 is 0. The van der Waals surface area contributed by atoms with Gasteiger partial charge in [-0.3, -0.25) is 0 Å². The van der Waals surface area contributed by atoms with Crippen LogP contribution in [0, 0.1) is 0 Å². The summed E-state index contributed by atoms with van der Waals surface area (Å²) in [6.07, 6.45) is 7.17. The predicted octanol–water partition coefficient (Wildman–Crippen LogP) is 3.67. The molecule has 3 aromatic heterocycles. The third kappa shape index (κ3) is 3.45. The molecular formula is C22H19N7. The van der Waals surface area contributed by atoms with Crippen molar-refractivity contribution in [1.82, 2.24) is 29.3 Å². The van der Waals surface area contributed by atoms with Gasteiger partial charge in [-0.1, -0.05) is 48.5 Å². The quantitative estimate of drug-likeness (QED) is 0.486. The molecule has 0 amide bonds. The average Bonchev–Trinajstić information content (AvgIpc) is 3.41. The van der Waals surface area contributed by atoms with Gasteiger partial charge in [-0.25, -0.2) is 19.6 Å². The van der Waals surface area contributed by atoms with Gasteiger partial charge in [-0.05, 0) is 17.7 Å². The van der Waals surface area contributed by atoms with E-state index in [9.17, 15) is 0 Å². The first-order valence-corrected chi connectivity index (χ1v) is 9.40. The number of hydrogen-bond donors (Lipinski definition) is 1. The number of aromatic nitrogens is 6. The normalized spacial score (nSPS) is 11.0. The summed E-state index contributed by atoms with van der Waals surface area (Å²) < 4.78 is 3.95. The van der Waals surface area contributed by atoms with E-state index in [1.807, 2.05) is 65.6 Å². The molecule has 0 aliphatic rings. The zero-order valence-electron chi connectivity index (χ0n) is 15.7. The van der Waals surface area contributed by atoms with E-state index in [-0.39, 0.29) is 0 Å². The number of rotatable bonds is 6. The van der Waals surface area contributed by atoms with Gasteiger partial charge in [0.1, 0.15) is 18.0 Å². The van der Waals surface area contributed by atoms with Crippen molar-refractivity contribution in [1.29, 1.82) is 0 Å². The van der Waals surface area contributed by atoms with Crippen molar-refractivity contribution in [2.75, 3.05) is 5.32 Å². The minimum absolute atomic E-state index is 0.558. The molecule has 3 heterocycles. The molecule has 0 saturated carbocycles. The first-order valence-electron chi connectivity index (χ1n) is 9.40. The lowest BCUT2D eigenvalue weighted by molar-refractivity contribution is 0.734. The summed E-state index contributed by atoms with van der Waals surface area (Å²) in [6.45, 7) is 1.34. The SMILES string of the molecule is c1ccc(Cn2ccnc2CNc2ncnc3c2cnn3-c2ccccc2)cc1. The number of nitrogens with zero attached hydrogens (tertiary/aromatic N) is 6. The molecular weight excluding hydrogens is 362 g/mol. The van der Waals surface area contributed by atoms with Crippen molar-refractivity contribution in [3.8, 4) is 5.69 Å². The van der Waals surface area contributed by atoms with Gasteiger partial charge < -0.3 is 9.88 Å². The van der Waals surface area contributed by atoms with Crippen molar-refractivity contribution >= 4 is 16.9 Å². The Morgan fingerprint density at radius 3 is 2.48 bits per heavy atom. The molecule has 2 aromatic carbocycles. The molecule has 142 valence electrons. The first kappa shape index (κ1) is 17.1. The molecule has 0 aliphatic heterocycles. The van der Waals surface area contributed by atoms with Gasteiger partial charge in [0.15, 0.2) is 5.65 Å². The van der Waals surface area contributed by atoms with Crippen LogP contribution in [0.1, 0.15) is 11.4 Å². The van der Waals surface area contributed by atoms with E-state index in [1.165, 1.54) is 5.56 Å². The number of fused-ring (bicyclic) bond motifs is 1. The van der Waals surface area contributed by atoms with Crippen LogP contribution in [-0.4, -0.2) is 29.3 Å². The van der Waals surface area contributed by atoms with Crippen LogP contribution in [0.4, 0.5) is 5.82 Å². The van der Waals surface area contributed by atoms with E-state index in [2.05, 4.69) is 42.1 Å². The highest BCUT2D eigenvalue weighted by molar-refractivity contribution is 5.87. The van der Waals surface area contributed by atoms with Crippen LogP contribution in [0.5, 0.6) is 0 Å². The van der Waals surface area contributed by atoms with Crippen LogP contribution < -0.4 is 5.32 Å². The largest absolute Gasteiger partial charge is 0.362 e. The van der Waals surface area contributed by atoms with E-state index in [4.69, 9.17) is 0 Å². The monoisotopic (exact) mass is 381 g/mol. The molecule has 0 radical (unpaired) electrons. The average molecular weight is 381 g/mol. The van der Waals surface area contributed by atoms with E-state index in [0.717, 1.165) is 34.9 Å². The molecule has 0 unspecified atom stereocenters. The highest BCUT2D eigenvalue weighted by Crippen LogP contribution is 2.22. The van der Waals surface area contributed by atoms with E-state index in [1.54, 1.807) is 12.5 Å². The molecule has 0 spiro atoms. The highest BCUT2D eigenvalue weighted by Gasteiger charge is 2.12. The summed E-state index contributed by atoms with van der Waals surface area (Å²) in [5.74, 6) is 1.68. The van der Waals surface area contributed by atoms with Gasteiger partial charge in [-0.2, -0.15) is 5.10 Å². The lowest BCUT2D eigenvalue weighted by Gasteiger charge is -2.10. The Bertz CT molecular complexity index is 1230. The van der Waals surface area contributed by atoms with E-state index >= 15 is 0 Å². The summed E-state index contributed by atoms with van der Waals surface area (Å²) in [5, 5.41) is 8.76. The van der Waals surface area contributed by atoms with Crippen LogP contribution in [0.15, 0.2) is 85.6 Å². The van der Waals surface area contributed by atoms with Crippen molar-refractivity contribution in [2.45, 2.75) is 13.1 Å². The molecule has 29 heavy (non-hydrogen) atoms. The second-order valence-electron chi connectivity index (χ2n) is 6.66. The maximum atomic E-state index is 4.50. The van der Waals surface area contributed by atoms with Crippen molar-refractivity contribution in [2.24, 2.45) is 0 Å². The maximum absolute atomic E-state index is 4.50. The number of nitrogens with one attached hydrogen (secondary N) is 1. The van der Waals surface area contributed by atoms with Gasteiger partial charge in [0, 0.05) is 18.9 Å². The number of benzene rings is 2. The lowest BCUT2D eigenvalue weighted by Crippen LogP contribution is -2.10. The Morgan fingerprint density at radius 2 is 1.66 bits per heavy atom. The molecule has 7 heteroatoms. The van der Waals surface area contributed by atoms with Gasteiger partial charge in [0.2, 0.25) is 0 Å².